The van der Waals surface area contributed by atoms with Gasteiger partial charge in [0.25, 0.3) is 0 Å². The van der Waals surface area contributed by atoms with E-state index in [4.69, 9.17) is 10.8 Å². The normalized spacial score (nSPS) is 20.6. The van der Waals surface area contributed by atoms with Crippen LogP contribution in [0.4, 0.5) is 11.4 Å². The van der Waals surface area contributed by atoms with E-state index < -0.39 is 5.97 Å². The Morgan fingerprint density at radius 1 is 1.56 bits per heavy atom. The van der Waals surface area contributed by atoms with Crippen molar-refractivity contribution in [3.8, 4) is 0 Å². The van der Waals surface area contributed by atoms with Crippen LogP contribution in [0.25, 0.3) is 0 Å². The summed E-state index contributed by atoms with van der Waals surface area (Å²) >= 11 is 0. The van der Waals surface area contributed by atoms with Crippen LogP contribution < -0.4 is 11.1 Å². The Bertz CT molecular complexity index is 448. The van der Waals surface area contributed by atoms with Crippen molar-refractivity contribution in [2.24, 2.45) is 0 Å². The summed E-state index contributed by atoms with van der Waals surface area (Å²) in [5.74, 6) is -0.989. The molecule has 98 valence electrons. The van der Waals surface area contributed by atoms with Gasteiger partial charge in [0.1, 0.15) is 0 Å². The third-order valence-electron chi connectivity index (χ3n) is 3.28. The van der Waals surface area contributed by atoms with Gasteiger partial charge in [0, 0.05) is 24.0 Å². The first kappa shape index (κ1) is 12.7. The van der Waals surface area contributed by atoms with Gasteiger partial charge in [-0.3, -0.25) is 0 Å². The number of carbonyl (C=O) groups is 1. The minimum atomic E-state index is -0.989. The molecule has 1 unspecified atom stereocenters. The molecule has 5 heteroatoms. The molecule has 1 heterocycles. The molecule has 2 rings (SSSR count). The van der Waals surface area contributed by atoms with Gasteiger partial charge in [0.15, 0.2) is 0 Å². The number of carboxylic acid groups (broad SMARTS) is 1. The minimum Gasteiger partial charge on any atom is -0.478 e. The maximum atomic E-state index is 11.0. The number of nitrogens with zero attached hydrogens (tertiary/aromatic N) is 1. The zero-order chi connectivity index (χ0) is 13.1. The van der Waals surface area contributed by atoms with E-state index in [2.05, 4.69) is 17.3 Å². The van der Waals surface area contributed by atoms with Crippen LogP contribution in [0.1, 0.15) is 23.2 Å². The molecule has 1 aromatic rings. The third-order valence-corrected chi connectivity index (χ3v) is 3.28. The summed E-state index contributed by atoms with van der Waals surface area (Å²) in [6, 6.07) is 5.44. The fourth-order valence-corrected chi connectivity index (χ4v) is 2.35. The second-order valence-corrected chi connectivity index (χ2v) is 4.85. The van der Waals surface area contributed by atoms with Gasteiger partial charge in [0.2, 0.25) is 0 Å². The van der Waals surface area contributed by atoms with Gasteiger partial charge in [-0.2, -0.15) is 0 Å². The van der Waals surface area contributed by atoms with E-state index >= 15 is 0 Å². The number of nitrogens with one attached hydrogen (secondary N) is 1. The van der Waals surface area contributed by atoms with Crippen LogP contribution in [-0.2, 0) is 0 Å². The Hall–Kier alpha value is -1.75. The first-order valence-corrected chi connectivity index (χ1v) is 6.14. The predicted molar refractivity (Wildman–Crippen MR) is 72.0 cm³/mol. The highest BCUT2D eigenvalue weighted by atomic mass is 16.4. The lowest BCUT2D eigenvalue weighted by molar-refractivity contribution is 0.0698. The van der Waals surface area contributed by atoms with Gasteiger partial charge in [-0.15, -0.1) is 0 Å². The Morgan fingerprint density at radius 2 is 2.33 bits per heavy atom. The molecular formula is C13H19N3O2. The summed E-state index contributed by atoms with van der Waals surface area (Å²) in [5, 5.41) is 12.4. The van der Waals surface area contributed by atoms with Crippen LogP contribution in [0.15, 0.2) is 18.2 Å². The molecule has 5 nitrogen and oxygen atoms in total. The highest BCUT2D eigenvalue weighted by Gasteiger charge is 2.17. The molecule has 0 amide bonds. The highest BCUT2D eigenvalue weighted by molar-refractivity contribution is 5.94. The van der Waals surface area contributed by atoms with Crippen molar-refractivity contribution < 1.29 is 9.90 Å². The van der Waals surface area contributed by atoms with Crippen LogP contribution in [0.5, 0.6) is 0 Å². The van der Waals surface area contributed by atoms with Crippen molar-refractivity contribution in [3.05, 3.63) is 23.8 Å². The number of hydrogen-bond acceptors (Lipinski definition) is 4. The fraction of sp³-hybridized carbons (Fsp3) is 0.462. The molecule has 0 saturated carbocycles. The van der Waals surface area contributed by atoms with E-state index in [0.717, 1.165) is 31.6 Å². The van der Waals surface area contributed by atoms with Gasteiger partial charge in [-0.1, -0.05) is 0 Å². The van der Waals surface area contributed by atoms with Crippen molar-refractivity contribution in [1.82, 2.24) is 4.90 Å². The monoisotopic (exact) mass is 249 g/mol. The lowest BCUT2D eigenvalue weighted by Crippen LogP contribution is -2.39. The smallest absolute Gasteiger partial charge is 0.337 e. The molecule has 4 N–H and O–H groups in total. The first-order valence-electron chi connectivity index (χ1n) is 6.14. The van der Waals surface area contributed by atoms with Crippen molar-refractivity contribution >= 4 is 17.3 Å². The summed E-state index contributed by atoms with van der Waals surface area (Å²) < 4.78 is 0. The number of piperidine rings is 1. The van der Waals surface area contributed by atoms with Crippen LogP contribution in [0.3, 0.4) is 0 Å². The van der Waals surface area contributed by atoms with Crippen LogP contribution >= 0.6 is 0 Å². The maximum Gasteiger partial charge on any atom is 0.337 e. The van der Waals surface area contributed by atoms with Crippen LogP contribution in [0, 0.1) is 0 Å². The van der Waals surface area contributed by atoms with Crippen LogP contribution in [-0.4, -0.2) is 42.2 Å². The van der Waals surface area contributed by atoms with E-state index in [1.807, 2.05) is 6.07 Å². The molecule has 0 aliphatic carbocycles. The Kier molecular flexibility index (Phi) is 3.72. The summed E-state index contributed by atoms with van der Waals surface area (Å²) in [6.07, 6.45) is 2.27. The van der Waals surface area contributed by atoms with E-state index in [0.29, 0.717) is 11.7 Å². The van der Waals surface area contributed by atoms with Crippen molar-refractivity contribution in [2.45, 2.75) is 18.9 Å². The number of carboxylic acids is 1. The average Bonchev–Trinajstić information content (AvgIpc) is 2.31. The van der Waals surface area contributed by atoms with Crippen molar-refractivity contribution in [3.63, 3.8) is 0 Å². The summed E-state index contributed by atoms with van der Waals surface area (Å²) in [4.78, 5) is 13.3. The molecule has 1 fully saturated rings. The van der Waals surface area contributed by atoms with Gasteiger partial charge in [-0.05, 0) is 44.6 Å². The van der Waals surface area contributed by atoms with Gasteiger partial charge < -0.3 is 21.1 Å². The predicted octanol–water partition coefficient (Wildman–Crippen LogP) is 1.47. The lowest BCUT2D eigenvalue weighted by atomic mass is 10.1. The zero-order valence-corrected chi connectivity index (χ0v) is 10.5. The molecule has 1 saturated heterocycles. The molecule has 18 heavy (non-hydrogen) atoms. The molecule has 0 spiro atoms. The Labute approximate surface area is 107 Å². The number of aromatic carboxylic acids is 1. The summed E-state index contributed by atoms with van der Waals surface area (Å²) in [7, 11) is 2.10. The van der Waals surface area contributed by atoms with E-state index in [-0.39, 0.29) is 5.56 Å². The number of likely N-dealkylation sites (tertiary alicyclic amines) is 1. The first-order chi connectivity index (χ1) is 8.56. The number of nitrogens with two attached hydrogens (primary N) is 1. The van der Waals surface area contributed by atoms with E-state index in [1.54, 1.807) is 12.1 Å². The van der Waals surface area contributed by atoms with Crippen LogP contribution in [0.2, 0.25) is 0 Å². The number of hydrogen-bond donors (Lipinski definition) is 3. The molecule has 0 radical (unpaired) electrons. The quantitative estimate of drug-likeness (QED) is 0.707. The largest absolute Gasteiger partial charge is 0.478 e. The number of benzene rings is 1. The molecular weight excluding hydrogens is 230 g/mol. The third kappa shape index (κ3) is 2.92. The van der Waals surface area contributed by atoms with Gasteiger partial charge >= 0.3 is 5.97 Å². The molecule has 0 aromatic heterocycles. The van der Waals surface area contributed by atoms with Gasteiger partial charge in [-0.25, -0.2) is 4.79 Å². The number of anilines is 2. The van der Waals surface area contributed by atoms with E-state index in [9.17, 15) is 4.79 Å². The Morgan fingerprint density at radius 3 is 3.00 bits per heavy atom. The average molecular weight is 249 g/mol. The molecule has 1 aliphatic rings. The van der Waals surface area contributed by atoms with Crippen molar-refractivity contribution in [1.29, 1.82) is 0 Å². The molecule has 1 aliphatic heterocycles. The van der Waals surface area contributed by atoms with E-state index in [1.165, 1.54) is 0 Å². The Balaban J connectivity index is 2.09. The minimum absolute atomic E-state index is 0.157. The summed E-state index contributed by atoms with van der Waals surface area (Å²) in [6.45, 7) is 2.10. The number of likely N-dealkylation sites (N-methyl/N-ethyl adjacent to an activating group) is 1. The second-order valence-electron chi connectivity index (χ2n) is 4.85. The molecule has 0 bridgehead atoms. The topological polar surface area (TPSA) is 78.6 Å². The zero-order valence-electron chi connectivity index (χ0n) is 10.5. The van der Waals surface area contributed by atoms with Crippen molar-refractivity contribution in [2.75, 3.05) is 31.2 Å². The van der Waals surface area contributed by atoms with Gasteiger partial charge in [0.05, 0.1) is 5.56 Å². The SMILES string of the molecule is CN1CCCC(Nc2ccc(N)c(C(=O)O)c2)C1. The number of nitrogen functional groups attached to an aromatic ring is 1. The molecule has 1 aromatic carbocycles. The summed E-state index contributed by atoms with van der Waals surface area (Å²) in [5.41, 5.74) is 6.91. The standard InChI is InChI=1S/C13H19N3O2/c1-16-6-2-3-10(8-16)15-9-4-5-12(14)11(7-9)13(17)18/h4-5,7,10,15H,2-3,6,8,14H2,1H3,(H,17,18). The maximum absolute atomic E-state index is 11.0. The highest BCUT2D eigenvalue weighted by Crippen LogP contribution is 2.20. The number of rotatable bonds is 3. The fourth-order valence-electron chi connectivity index (χ4n) is 2.35. The second kappa shape index (κ2) is 5.27. The molecule has 1 atom stereocenters. The lowest BCUT2D eigenvalue weighted by Gasteiger charge is -2.31.